The van der Waals surface area contributed by atoms with E-state index in [0.29, 0.717) is 11.7 Å². The van der Waals surface area contributed by atoms with Gasteiger partial charge in [-0.25, -0.2) is 0 Å². The molecule has 1 aliphatic rings. The van der Waals surface area contributed by atoms with Gasteiger partial charge in [0.15, 0.2) is 5.78 Å². The summed E-state index contributed by atoms with van der Waals surface area (Å²) in [5.41, 5.74) is 0.843. The first-order chi connectivity index (χ1) is 6.86. The minimum absolute atomic E-state index is 0.297. The molecule has 14 heavy (non-hydrogen) atoms. The molecule has 0 heterocycles. The molecule has 1 aromatic rings. The van der Waals surface area contributed by atoms with E-state index in [1.54, 1.807) is 0 Å². The summed E-state index contributed by atoms with van der Waals surface area (Å²) in [5.74, 6) is 0.942. The summed E-state index contributed by atoms with van der Waals surface area (Å²) in [5, 5.41) is 0. The van der Waals surface area contributed by atoms with Crippen molar-refractivity contribution in [3.05, 3.63) is 35.9 Å². The first kappa shape index (κ1) is 9.45. The van der Waals surface area contributed by atoms with Gasteiger partial charge in [0.25, 0.3) is 0 Å². The fraction of sp³-hybridized carbons (Fsp3) is 0.462. The summed E-state index contributed by atoms with van der Waals surface area (Å²) < 4.78 is 0. The highest BCUT2D eigenvalue weighted by Gasteiger charge is 2.18. The third kappa shape index (κ3) is 2.22. The Morgan fingerprint density at radius 2 is 1.93 bits per heavy atom. The van der Waals surface area contributed by atoms with Crippen LogP contribution in [0, 0.1) is 12.0 Å². The zero-order chi connectivity index (χ0) is 9.80. The predicted octanol–water partition coefficient (Wildman–Crippen LogP) is 3.25. The van der Waals surface area contributed by atoms with E-state index in [4.69, 9.17) is 0 Å². The number of ketones is 1. The van der Waals surface area contributed by atoms with Crippen LogP contribution in [0.5, 0.6) is 0 Å². The minimum Gasteiger partial charge on any atom is -0.294 e. The van der Waals surface area contributed by atoms with Crippen molar-refractivity contribution in [2.24, 2.45) is 5.92 Å². The highest BCUT2D eigenvalue weighted by Crippen LogP contribution is 2.28. The van der Waals surface area contributed by atoms with Crippen LogP contribution in [0.15, 0.2) is 24.3 Å². The number of carbonyl (C=O) groups is 1. The lowest BCUT2D eigenvalue weighted by Gasteiger charge is -2.06. The molecule has 0 atom stereocenters. The fourth-order valence-corrected chi connectivity index (χ4v) is 2.17. The molecule has 0 saturated heterocycles. The predicted molar refractivity (Wildman–Crippen MR) is 56.2 cm³/mol. The van der Waals surface area contributed by atoms with Gasteiger partial charge < -0.3 is 0 Å². The van der Waals surface area contributed by atoms with Crippen molar-refractivity contribution in [3.63, 3.8) is 0 Å². The summed E-state index contributed by atoms with van der Waals surface area (Å²) in [6.07, 6.45) is 5.83. The number of Topliss-reactive ketones (excluding diaryl/α,β-unsaturated/α-hetero) is 1. The Morgan fingerprint density at radius 3 is 2.57 bits per heavy atom. The summed E-state index contributed by atoms with van der Waals surface area (Å²) in [6.45, 7) is 0. The van der Waals surface area contributed by atoms with E-state index in [9.17, 15) is 4.79 Å². The number of rotatable bonds is 3. The van der Waals surface area contributed by atoms with Crippen molar-refractivity contribution in [2.45, 2.75) is 32.1 Å². The molecule has 1 fully saturated rings. The quantitative estimate of drug-likeness (QED) is 0.664. The summed E-state index contributed by atoms with van der Waals surface area (Å²) in [7, 11) is 0. The van der Waals surface area contributed by atoms with Gasteiger partial charge in [0.1, 0.15) is 0 Å². The largest absolute Gasteiger partial charge is 0.294 e. The van der Waals surface area contributed by atoms with Gasteiger partial charge in [0.05, 0.1) is 0 Å². The van der Waals surface area contributed by atoms with Crippen molar-refractivity contribution in [1.29, 1.82) is 0 Å². The van der Waals surface area contributed by atoms with Gasteiger partial charge in [0.2, 0.25) is 0 Å². The molecule has 1 aliphatic carbocycles. The Kier molecular flexibility index (Phi) is 2.97. The normalized spacial score (nSPS) is 17.1. The van der Waals surface area contributed by atoms with Crippen molar-refractivity contribution in [1.82, 2.24) is 0 Å². The third-order valence-electron chi connectivity index (χ3n) is 2.99. The maximum Gasteiger partial charge on any atom is 0.163 e. The molecular weight excluding hydrogens is 172 g/mol. The Balaban J connectivity index is 1.95. The van der Waals surface area contributed by atoms with Crippen LogP contribution in [0.3, 0.4) is 0 Å². The number of hydrogen-bond acceptors (Lipinski definition) is 1. The second kappa shape index (κ2) is 4.41. The van der Waals surface area contributed by atoms with E-state index < -0.39 is 0 Å². The van der Waals surface area contributed by atoms with Gasteiger partial charge in [-0.1, -0.05) is 49.9 Å². The van der Waals surface area contributed by atoms with E-state index in [-0.39, 0.29) is 0 Å². The number of carbonyl (C=O) groups excluding carboxylic acids is 1. The summed E-state index contributed by atoms with van der Waals surface area (Å²) in [4.78, 5) is 11.8. The monoisotopic (exact) mass is 187 g/mol. The molecule has 0 N–H and O–H groups in total. The van der Waals surface area contributed by atoms with Gasteiger partial charge >= 0.3 is 0 Å². The van der Waals surface area contributed by atoms with Crippen molar-refractivity contribution in [3.8, 4) is 0 Å². The Hall–Kier alpha value is -1.11. The Labute approximate surface area is 85.1 Å². The molecule has 0 aliphatic heterocycles. The molecule has 0 spiro atoms. The lowest BCUT2D eigenvalue weighted by atomic mass is 9.97. The van der Waals surface area contributed by atoms with Gasteiger partial charge in [-0.05, 0) is 12.0 Å². The second-order valence-electron chi connectivity index (χ2n) is 4.07. The molecular formula is C13H15O. The van der Waals surface area contributed by atoms with E-state index >= 15 is 0 Å². The molecule has 2 rings (SSSR count). The van der Waals surface area contributed by atoms with Crippen molar-refractivity contribution in [2.75, 3.05) is 0 Å². The average molecular weight is 187 g/mol. The highest BCUT2D eigenvalue weighted by atomic mass is 16.1. The lowest BCUT2D eigenvalue weighted by molar-refractivity contribution is 0.0962. The lowest BCUT2D eigenvalue weighted by Crippen LogP contribution is -2.05. The van der Waals surface area contributed by atoms with Crippen LogP contribution in [0.2, 0.25) is 0 Å². The standard InChI is InChI=1S/C13H15O/c14-13(10-11-6-4-5-7-11)12-8-2-1-3-9-12/h2-3,8-9,11H,4-7,10H2. The van der Waals surface area contributed by atoms with E-state index in [0.717, 1.165) is 12.0 Å². The van der Waals surface area contributed by atoms with Crippen LogP contribution in [0.25, 0.3) is 0 Å². The molecule has 0 amide bonds. The highest BCUT2D eigenvalue weighted by molar-refractivity contribution is 5.96. The topological polar surface area (TPSA) is 17.1 Å². The molecule has 0 unspecified atom stereocenters. The maximum absolute atomic E-state index is 11.8. The molecule has 1 aromatic carbocycles. The number of hydrogen-bond donors (Lipinski definition) is 0. The molecule has 1 saturated carbocycles. The van der Waals surface area contributed by atoms with Crippen LogP contribution in [0.4, 0.5) is 0 Å². The van der Waals surface area contributed by atoms with Crippen LogP contribution in [-0.4, -0.2) is 5.78 Å². The average Bonchev–Trinajstić information content (AvgIpc) is 2.72. The summed E-state index contributed by atoms with van der Waals surface area (Å²) in [6, 6.07) is 10.3. The van der Waals surface area contributed by atoms with Gasteiger partial charge in [-0.3, -0.25) is 4.79 Å². The van der Waals surface area contributed by atoms with E-state index in [1.807, 2.05) is 24.3 Å². The smallest absolute Gasteiger partial charge is 0.163 e. The van der Waals surface area contributed by atoms with Crippen molar-refractivity contribution < 1.29 is 4.79 Å². The molecule has 1 heteroatoms. The zero-order valence-corrected chi connectivity index (χ0v) is 8.33. The molecule has 73 valence electrons. The van der Waals surface area contributed by atoms with Crippen LogP contribution in [-0.2, 0) is 0 Å². The Morgan fingerprint density at radius 1 is 1.29 bits per heavy atom. The fourth-order valence-electron chi connectivity index (χ4n) is 2.17. The zero-order valence-electron chi connectivity index (χ0n) is 8.33. The van der Waals surface area contributed by atoms with Crippen LogP contribution >= 0.6 is 0 Å². The van der Waals surface area contributed by atoms with E-state index in [1.165, 1.54) is 25.7 Å². The molecule has 0 bridgehead atoms. The minimum atomic E-state index is 0.297. The van der Waals surface area contributed by atoms with Gasteiger partial charge in [-0.2, -0.15) is 0 Å². The van der Waals surface area contributed by atoms with Gasteiger partial charge in [-0.15, -0.1) is 0 Å². The summed E-state index contributed by atoms with van der Waals surface area (Å²) >= 11 is 0. The molecule has 0 aromatic heterocycles. The van der Waals surface area contributed by atoms with Crippen molar-refractivity contribution >= 4 is 5.78 Å². The molecule has 1 radical (unpaired) electrons. The Bertz CT molecular complexity index is 296. The van der Waals surface area contributed by atoms with E-state index in [2.05, 4.69) is 6.07 Å². The second-order valence-corrected chi connectivity index (χ2v) is 4.07. The SMILES string of the molecule is O=C(CC1CCCC1)c1cc[c]cc1. The van der Waals surface area contributed by atoms with Crippen LogP contribution < -0.4 is 0 Å². The maximum atomic E-state index is 11.8. The number of benzene rings is 1. The third-order valence-corrected chi connectivity index (χ3v) is 2.99. The first-order valence-corrected chi connectivity index (χ1v) is 5.35. The first-order valence-electron chi connectivity index (χ1n) is 5.35. The molecule has 1 nitrogen and oxygen atoms in total. The van der Waals surface area contributed by atoms with Gasteiger partial charge in [0, 0.05) is 12.0 Å². The van der Waals surface area contributed by atoms with Crippen LogP contribution in [0.1, 0.15) is 42.5 Å².